The van der Waals surface area contributed by atoms with Crippen molar-refractivity contribution in [3.8, 4) is 0 Å². The molecule has 0 aliphatic carbocycles. The van der Waals surface area contributed by atoms with Gasteiger partial charge in [-0.15, -0.1) is 0 Å². The minimum Gasteiger partial charge on any atom is -0.389 e. The summed E-state index contributed by atoms with van der Waals surface area (Å²) in [5.74, 6) is 0.562. The Labute approximate surface area is 98.7 Å². The van der Waals surface area contributed by atoms with Crippen molar-refractivity contribution in [3.05, 3.63) is 35.4 Å². The van der Waals surface area contributed by atoms with Crippen LogP contribution in [0.15, 0.2) is 24.3 Å². The first-order chi connectivity index (χ1) is 7.44. The highest BCUT2D eigenvalue weighted by Gasteiger charge is 2.19. The average molecular weight is 221 g/mol. The Hall–Kier alpha value is -0.860. The van der Waals surface area contributed by atoms with Gasteiger partial charge in [0.2, 0.25) is 0 Å². The summed E-state index contributed by atoms with van der Waals surface area (Å²) in [6.45, 7) is 6.84. The Kier molecular flexibility index (Phi) is 4.51. The normalized spacial score (nSPS) is 15.1. The fourth-order valence-electron chi connectivity index (χ4n) is 1.90. The van der Waals surface area contributed by atoms with E-state index in [-0.39, 0.29) is 0 Å². The maximum absolute atomic E-state index is 10.1. The molecule has 0 aliphatic rings. The molecule has 2 nitrogen and oxygen atoms in total. The van der Waals surface area contributed by atoms with Gasteiger partial charge in [-0.05, 0) is 31.0 Å². The van der Waals surface area contributed by atoms with Crippen molar-refractivity contribution in [1.82, 2.24) is 5.32 Å². The van der Waals surface area contributed by atoms with Crippen LogP contribution in [0.3, 0.4) is 0 Å². The molecule has 1 aromatic carbocycles. The predicted molar refractivity (Wildman–Crippen MR) is 68.8 cm³/mol. The molecule has 0 bridgehead atoms. The van der Waals surface area contributed by atoms with Crippen molar-refractivity contribution in [3.63, 3.8) is 0 Å². The van der Waals surface area contributed by atoms with E-state index in [1.54, 1.807) is 0 Å². The summed E-state index contributed by atoms with van der Waals surface area (Å²) in [5, 5.41) is 13.1. The third-order valence-corrected chi connectivity index (χ3v) is 2.79. The number of aliphatic hydroxyl groups is 1. The van der Waals surface area contributed by atoms with Crippen molar-refractivity contribution in [2.75, 3.05) is 13.6 Å². The van der Waals surface area contributed by atoms with Crippen molar-refractivity contribution in [1.29, 1.82) is 0 Å². The maximum atomic E-state index is 10.1. The molecule has 0 heterocycles. The van der Waals surface area contributed by atoms with E-state index < -0.39 is 5.60 Å². The third-order valence-electron chi connectivity index (χ3n) is 2.79. The van der Waals surface area contributed by atoms with Gasteiger partial charge in [-0.1, -0.05) is 38.1 Å². The molecule has 0 radical (unpaired) electrons. The van der Waals surface area contributed by atoms with Gasteiger partial charge in [0.15, 0.2) is 0 Å². The van der Waals surface area contributed by atoms with E-state index in [1.807, 2.05) is 14.0 Å². The second kappa shape index (κ2) is 5.46. The number of hydrogen-bond acceptors (Lipinski definition) is 2. The van der Waals surface area contributed by atoms with Crippen LogP contribution in [-0.2, 0) is 6.42 Å². The van der Waals surface area contributed by atoms with Crippen LogP contribution in [0.1, 0.15) is 37.8 Å². The largest absolute Gasteiger partial charge is 0.389 e. The first-order valence-electron chi connectivity index (χ1n) is 5.90. The van der Waals surface area contributed by atoms with Crippen molar-refractivity contribution in [2.24, 2.45) is 0 Å². The van der Waals surface area contributed by atoms with Crippen molar-refractivity contribution < 1.29 is 5.11 Å². The molecule has 0 aliphatic heterocycles. The topological polar surface area (TPSA) is 32.3 Å². The van der Waals surface area contributed by atoms with Gasteiger partial charge in [-0.25, -0.2) is 0 Å². The van der Waals surface area contributed by atoms with Crippen LogP contribution in [0.4, 0.5) is 0 Å². The second-order valence-electron chi connectivity index (χ2n) is 5.10. The molecular weight excluding hydrogens is 198 g/mol. The van der Waals surface area contributed by atoms with E-state index in [1.165, 1.54) is 11.1 Å². The molecule has 0 spiro atoms. The van der Waals surface area contributed by atoms with Gasteiger partial charge < -0.3 is 10.4 Å². The van der Waals surface area contributed by atoms with E-state index in [2.05, 4.69) is 43.4 Å². The molecule has 0 amide bonds. The quantitative estimate of drug-likeness (QED) is 0.800. The lowest BCUT2D eigenvalue weighted by Crippen LogP contribution is -2.38. The van der Waals surface area contributed by atoms with E-state index in [4.69, 9.17) is 0 Å². The zero-order chi connectivity index (χ0) is 12.2. The Morgan fingerprint density at radius 1 is 1.25 bits per heavy atom. The number of nitrogens with one attached hydrogen (secondary N) is 1. The first kappa shape index (κ1) is 13.2. The number of rotatable bonds is 5. The van der Waals surface area contributed by atoms with Crippen LogP contribution in [0.5, 0.6) is 0 Å². The van der Waals surface area contributed by atoms with Crippen LogP contribution < -0.4 is 5.32 Å². The van der Waals surface area contributed by atoms with Gasteiger partial charge in [0.1, 0.15) is 0 Å². The maximum Gasteiger partial charge on any atom is 0.0783 e. The summed E-state index contributed by atoms with van der Waals surface area (Å²) < 4.78 is 0. The molecule has 0 saturated heterocycles. The third kappa shape index (κ3) is 3.95. The van der Waals surface area contributed by atoms with Gasteiger partial charge >= 0.3 is 0 Å². The van der Waals surface area contributed by atoms with Crippen LogP contribution in [0, 0.1) is 0 Å². The Morgan fingerprint density at radius 3 is 2.25 bits per heavy atom. The molecule has 90 valence electrons. The summed E-state index contributed by atoms with van der Waals surface area (Å²) in [6.07, 6.45) is 0.687. The lowest BCUT2D eigenvalue weighted by Gasteiger charge is -2.23. The highest BCUT2D eigenvalue weighted by atomic mass is 16.3. The molecule has 1 unspecified atom stereocenters. The minimum atomic E-state index is -0.673. The van der Waals surface area contributed by atoms with Crippen molar-refractivity contribution in [2.45, 2.75) is 38.7 Å². The van der Waals surface area contributed by atoms with Gasteiger partial charge in [0, 0.05) is 13.0 Å². The Bertz CT molecular complexity index is 314. The summed E-state index contributed by atoms with van der Waals surface area (Å²) in [4.78, 5) is 0. The molecule has 1 aromatic rings. The number of benzene rings is 1. The highest BCUT2D eigenvalue weighted by Crippen LogP contribution is 2.17. The van der Waals surface area contributed by atoms with Gasteiger partial charge in [-0.2, -0.15) is 0 Å². The molecular formula is C14H23NO. The van der Waals surface area contributed by atoms with E-state index in [9.17, 15) is 5.11 Å². The van der Waals surface area contributed by atoms with E-state index in [0.717, 1.165) is 0 Å². The first-order valence-corrected chi connectivity index (χ1v) is 5.90. The van der Waals surface area contributed by atoms with Crippen LogP contribution in [0.2, 0.25) is 0 Å². The Balaban J connectivity index is 2.68. The fourth-order valence-corrected chi connectivity index (χ4v) is 1.90. The van der Waals surface area contributed by atoms with Gasteiger partial charge in [0.05, 0.1) is 5.60 Å². The van der Waals surface area contributed by atoms with Gasteiger partial charge in [-0.3, -0.25) is 0 Å². The van der Waals surface area contributed by atoms with Crippen LogP contribution in [0.25, 0.3) is 0 Å². The SMILES string of the molecule is CNCC(C)(O)Cc1ccc(C(C)C)cc1. The molecule has 0 aromatic heterocycles. The summed E-state index contributed by atoms with van der Waals surface area (Å²) in [5.41, 5.74) is 1.86. The molecule has 2 N–H and O–H groups in total. The van der Waals surface area contributed by atoms with Crippen LogP contribution in [-0.4, -0.2) is 24.3 Å². The summed E-state index contributed by atoms with van der Waals surface area (Å²) in [6, 6.07) is 8.52. The molecule has 0 fully saturated rings. The minimum absolute atomic E-state index is 0.562. The molecule has 2 heteroatoms. The summed E-state index contributed by atoms with van der Waals surface area (Å²) in [7, 11) is 1.86. The zero-order valence-corrected chi connectivity index (χ0v) is 10.7. The van der Waals surface area contributed by atoms with Crippen molar-refractivity contribution >= 4 is 0 Å². The lowest BCUT2D eigenvalue weighted by atomic mass is 9.94. The number of likely N-dealkylation sites (N-methyl/N-ethyl adjacent to an activating group) is 1. The van der Waals surface area contributed by atoms with E-state index in [0.29, 0.717) is 18.9 Å². The highest BCUT2D eigenvalue weighted by molar-refractivity contribution is 5.25. The summed E-state index contributed by atoms with van der Waals surface area (Å²) >= 11 is 0. The lowest BCUT2D eigenvalue weighted by molar-refractivity contribution is 0.0622. The number of hydrogen-bond donors (Lipinski definition) is 2. The van der Waals surface area contributed by atoms with E-state index >= 15 is 0 Å². The Morgan fingerprint density at radius 2 is 1.81 bits per heavy atom. The molecule has 16 heavy (non-hydrogen) atoms. The molecule has 0 saturated carbocycles. The predicted octanol–water partition coefficient (Wildman–Crippen LogP) is 2.32. The smallest absolute Gasteiger partial charge is 0.0783 e. The van der Waals surface area contributed by atoms with Gasteiger partial charge in [0.25, 0.3) is 0 Å². The standard InChI is InChI=1S/C14H23NO/c1-11(2)13-7-5-12(6-8-13)9-14(3,16)10-15-4/h5-8,11,15-16H,9-10H2,1-4H3. The molecule has 1 rings (SSSR count). The monoisotopic (exact) mass is 221 g/mol. The zero-order valence-electron chi connectivity index (χ0n) is 10.7. The molecule has 1 atom stereocenters. The average Bonchev–Trinajstić information content (AvgIpc) is 2.17. The van der Waals surface area contributed by atoms with Crippen LogP contribution >= 0.6 is 0 Å². The fraction of sp³-hybridized carbons (Fsp3) is 0.571. The second-order valence-corrected chi connectivity index (χ2v) is 5.10.